The van der Waals surface area contributed by atoms with E-state index in [0.717, 1.165) is 16.5 Å². The summed E-state index contributed by atoms with van der Waals surface area (Å²) in [4.78, 5) is 4.78. The van der Waals surface area contributed by atoms with Crippen molar-refractivity contribution < 1.29 is 8.60 Å². The fourth-order valence-electron chi connectivity index (χ4n) is 2.11. The molecule has 0 bridgehead atoms. The second kappa shape index (κ2) is 5.51. The van der Waals surface area contributed by atoms with E-state index >= 15 is 0 Å². The third kappa shape index (κ3) is 2.60. The summed E-state index contributed by atoms with van der Waals surface area (Å²) in [7, 11) is -1.27. The van der Waals surface area contributed by atoms with Crippen LogP contribution in [0.3, 0.4) is 0 Å². The van der Waals surface area contributed by atoms with Crippen LogP contribution in [0.2, 0.25) is 0 Å². The molecule has 0 saturated heterocycles. The highest BCUT2D eigenvalue weighted by atomic mass is 32.2. The van der Waals surface area contributed by atoms with Crippen molar-refractivity contribution in [2.75, 3.05) is 0 Å². The van der Waals surface area contributed by atoms with E-state index in [0.29, 0.717) is 10.6 Å². The number of pyridine rings is 1. The maximum Gasteiger partial charge on any atom is 0.124 e. The Bertz CT molecular complexity index is 783. The molecule has 20 heavy (non-hydrogen) atoms. The van der Waals surface area contributed by atoms with Crippen LogP contribution in [0, 0.1) is 5.82 Å². The molecule has 0 fully saturated rings. The molecule has 0 amide bonds. The Morgan fingerprint density at radius 3 is 2.75 bits per heavy atom. The van der Waals surface area contributed by atoms with E-state index in [4.69, 9.17) is 0 Å². The Hall–Kier alpha value is -2.07. The molecule has 1 heterocycles. The third-order valence-electron chi connectivity index (χ3n) is 3.08. The zero-order valence-corrected chi connectivity index (χ0v) is 11.4. The second-order valence-corrected chi connectivity index (χ2v) is 5.89. The molecule has 2 aromatic carbocycles. The van der Waals surface area contributed by atoms with Crippen molar-refractivity contribution >= 4 is 21.7 Å². The van der Waals surface area contributed by atoms with Gasteiger partial charge in [-0.2, -0.15) is 0 Å². The average molecular weight is 285 g/mol. The predicted molar refractivity (Wildman–Crippen MR) is 78.3 cm³/mol. The Morgan fingerprint density at radius 1 is 1.05 bits per heavy atom. The van der Waals surface area contributed by atoms with E-state index in [1.54, 1.807) is 18.3 Å². The van der Waals surface area contributed by atoms with Crippen molar-refractivity contribution in [3.05, 3.63) is 72.2 Å². The number of nitrogens with zero attached hydrogens (tertiary/aromatic N) is 1. The molecule has 3 rings (SSSR count). The lowest BCUT2D eigenvalue weighted by atomic mass is 10.1. The van der Waals surface area contributed by atoms with Crippen molar-refractivity contribution in [3.63, 3.8) is 0 Å². The van der Waals surface area contributed by atoms with Crippen LogP contribution in [0.5, 0.6) is 0 Å². The SMILES string of the molecule is O=S(Cc1ccnc2ccccc12)c1cccc(F)c1. The van der Waals surface area contributed by atoms with Crippen molar-refractivity contribution in [2.24, 2.45) is 0 Å². The number of para-hydroxylation sites is 1. The van der Waals surface area contributed by atoms with Gasteiger partial charge in [-0.15, -0.1) is 0 Å². The summed E-state index contributed by atoms with van der Waals surface area (Å²) in [5.74, 6) is -0.0117. The van der Waals surface area contributed by atoms with Gasteiger partial charge in [-0.1, -0.05) is 24.3 Å². The summed E-state index contributed by atoms with van der Waals surface area (Å²) in [6, 6.07) is 15.5. The van der Waals surface area contributed by atoms with Gasteiger partial charge in [0.05, 0.1) is 22.1 Å². The van der Waals surface area contributed by atoms with Gasteiger partial charge in [-0.05, 0) is 35.9 Å². The largest absolute Gasteiger partial charge is 0.256 e. The zero-order chi connectivity index (χ0) is 13.9. The number of fused-ring (bicyclic) bond motifs is 1. The minimum atomic E-state index is -1.27. The summed E-state index contributed by atoms with van der Waals surface area (Å²) in [5.41, 5.74) is 1.83. The maximum absolute atomic E-state index is 13.2. The van der Waals surface area contributed by atoms with Crippen molar-refractivity contribution in [1.82, 2.24) is 4.98 Å². The van der Waals surface area contributed by atoms with Gasteiger partial charge in [-0.25, -0.2) is 4.39 Å². The topological polar surface area (TPSA) is 30.0 Å². The van der Waals surface area contributed by atoms with E-state index in [1.165, 1.54) is 12.1 Å². The Labute approximate surface area is 118 Å². The zero-order valence-electron chi connectivity index (χ0n) is 10.6. The minimum absolute atomic E-state index is 0.354. The lowest BCUT2D eigenvalue weighted by Gasteiger charge is -2.06. The summed E-state index contributed by atoms with van der Waals surface area (Å²) in [6.07, 6.45) is 1.71. The highest BCUT2D eigenvalue weighted by molar-refractivity contribution is 7.84. The molecule has 0 saturated carbocycles. The smallest absolute Gasteiger partial charge is 0.124 e. The first-order valence-electron chi connectivity index (χ1n) is 6.20. The molecular weight excluding hydrogens is 273 g/mol. The molecule has 3 aromatic rings. The summed E-state index contributed by atoms with van der Waals surface area (Å²) >= 11 is 0. The number of benzene rings is 2. The van der Waals surface area contributed by atoms with Gasteiger partial charge < -0.3 is 0 Å². The quantitative estimate of drug-likeness (QED) is 0.734. The van der Waals surface area contributed by atoms with Crippen LogP contribution in [0.4, 0.5) is 4.39 Å². The normalized spacial score (nSPS) is 12.4. The summed E-state index contributed by atoms with van der Waals surface area (Å²) in [6.45, 7) is 0. The number of halogens is 1. The van der Waals surface area contributed by atoms with E-state index in [-0.39, 0.29) is 5.82 Å². The fourth-order valence-corrected chi connectivity index (χ4v) is 3.29. The van der Waals surface area contributed by atoms with Crippen molar-refractivity contribution in [3.8, 4) is 0 Å². The first-order chi connectivity index (χ1) is 9.74. The standard InChI is InChI=1S/C16H12FNOS/c17-13-4-3-5-14(10-13)20(19)11-12-8-9-18-16-7-2-1-6-15(12)16/h1-10H,11H2. The fraction of sp³-hybridized carbons (Fsp3) is 0.0625. The Kier molecular flexibility index (Phi) is 3.56. The van der Waals surface area contributed by atoms with Gasteiger partial charge in [0.15, 0.2) is 0 Å². The van der Waals surface area contributed by atoms with Gasteiger partial charge in [0.25, 0.3) is 0 Å². The highest BCUT2D eigenvalue weighted by Crippen LogP contribution is 2.20. The van der Waals surface area contributed by atoms with Crippen LogP contribution in [0.15, 0.2) is 65.7 Å². The van der Waals surface area contributed by atoms with Crippen LogP contribution in [0.25, 0.3) is 10.9 Å². The molecule has 100 valence electrons. The molecule has 0 aliphatic rings. The number of hydrogen-bond donors (Lipinski definition) is 0. The summed E-state index contributed by atoms with van der Waals surface area (Å²) in [5, 5.41) is 0.986. The van der Waals surface area contributed by atoms with Gasteiger partial charge in [0.2, 0.25) is 0 Å². The van der Waals surface area contributed by atoms with Crippen LogP contribution in [-0.4, -0.2) is 9.19 Å². The highest BCUT2D eigenvalue weighted by Gasteiger charge is 2.09. The number of aromatic nitrogens is 1. The molecule has 4 heteroatoms. The van der Waals surface area contributed by atoms with Gasteiger partial charge >= 0.3 is 0 Å². The van der Waals surface area contributed by atoms with Crippen molar-refractivity contribution in [2.45, 2.75) is 10.6 Å². The van der Waals surface area contributed by atoms with E-state index in [2.05, 4.69) is 4.98 Å². The van der Waals surface area contributed by atoms with Gasteiger partial charge in [0.1, 0.15) is 5.82 Å². The molecule has 0 aliphatic carbocycles. The molecular formula is C16H12FNOS. The number of hydrogen-bond acceptors (Lipinski definition) is 2. The van der Waals surface area contributed by atoms with Crippen LogP contribution in [-0.2, 0) is 16.6 Å². The van der Waals surface area contributed by atoms with Crippen LogP contribution in [0.1, 0.15) is 5.56 Å². The summed E-state index contributed by atoms with van der Waals surface area (Å²) < 4.78 is 25.5. The first-order valence-corrected chi connectivity index (χ1v) is 7.52. The van der Waals surface area contributed by atoms with E-state index < -0.39 is 10.8 Å². The van der Waals surface area contributed by atoms with Crippen LogP contribution >= 0.6 is 0 Å². The predicted octanol–water partition coefficient (Wildman–Crippen LogP) is 3.68. The lowest BCUT2D eigenvalue weighted by Crippen LogP contribution is -1.98. The first kappa shape index (κ1) is 12.9. The monoisotopic (exact) mass is 285 g/mol. The number of rotatable bonds is 3. The molecule has 0 aliphatic heterocycles. The second-order valence-electron chi connectivity index (χ2n) is 4.43. The molecule has 2 nitrogen and oxygen atoms in total. The van der Waals surface area contributed by atoms with E-state index in [1.807, 2.05) is 30.3 Å². The average Bonchev–Trinajstić information content (AvgIpc) is 2.47. The Balaban J connectivity index is 1.95. The molecule has 0 N–H and O–H groups in total. The van der Waals surface area contributed by atoms with E-state index in [9.17, 15) is 8.60 Å². The Morgan fingerprint density at radius 2 is 1.90 bits per heavy atom. The molecule has 1 aromatic heterocycles. The molecule has 1 atom stereocenters. The van der Waals surface area contributed by atoms with Crippen molar-refractivity contribution in [1.29, 1.82) is 0 Å². The minimum Gasteiger partial charge on any atom is -0.256 e. The van der Waals surface area contributed by atoms with Gasteiger partial charge in [0, 0.05) is 16.5 Å². The third-order valence-corrected chi connectivity index (χ3v) is 4.44. The molecule has 1 unspecified atom stereocenters. The lowest BCUT2D eigenvalue weighted by molar-refractivity contribution is 0.622. The molecule has 0 radical (unpaired) electrons. The molecule has 0 spiro atoms. The maximum atomic E-state index is 13.2. The van der Waals surface area contributed by atoms with Gasteiger partial charge in [-0.3, -0.25) is 9.19 Å². The van der Waals surface area contributed by atoms with Crippen LogP contribution < -0.4 is 0 Å².